The molecule has 0 amide bonds. The van der Waals surface area contributed by atoms with E-state index in [-0.39, 0.29) is 0 Å². The normalized spacial score (nSPS) is 11.8. The van der Waals surface area contributed by atoms with Crippen molar-refractivity contribution in [2.24, 2.45) is 0 Å². The van der Waals surface area contributed by atoms with Gasteiger partial charge in [-0.3, -0.25) is 0 Å². The van der Waals surface area contributed by atoms with Crippen LogP contribution in [0.3, 0.4) is 0 Å². The second-order valence-electron chi connectivity index (χ2n) is 4.63. The SMILES string of the molecule is COc1ccc(Br)c2cc(C(C)(C)O)c(N)nc12. The number of pyridine rings is 1. The Bertz CT molecular complexity index is 606. The molecular weight excluding hydrogens is 296 g/mol. The van der Waals surface area contributed by atoms with Crippen LogP contribution in [0.1, 0.15) is 19.4 Å². The summed E-state index contributed by atoms with van der Waals surface area (Å²) in [6.45, 7) is 3.36. The summed E-state index contributed by atoms with van der Waals surface area (Å²) in [5, 5.41) is 10.9. The maximum absolute atomic E-state index is 10.1. The number of nitrogens with two attached hydrogens (primary N) is 1. The summed E-state index contributed by atoms with van der Waals surface area (Å²) in [5.41, 5.74) is 6.15. The molecule has 1 aromatic heterocycles. The molecule has 0 fully saturated rings. The molecule has 0 unspecified atom stereocenters. The van der Waals surface area contributed by atoms with E-state index >= 15 is 0 Å². The standard InChI is InChI=1S/C13H15BrN2O2/c1-13(2,17)8-6-7-9(14)4-5-10(18-3)11(7)16-12(8)15/h4-6,17H,1-3H3,(H2,15,16). The third-order valence-electron chi connectivity index (χ3n) is 2.80. The van der Waals surface area contributed by atoms with E-state index in [1.54, 1.807) is 21.0 Å². The smallest absolute Gasteiger partial charge is 0.145 e. The number of hydrogen-bond donors (Lipinski definition) is 2. The first kappa shape index (κ1) is 13.1. The zero-order valence-electron chi connectivity index (χ0n) is 10.5. The number of hydrogen-bond acceptors (Lipinski definition) is 4. The Kier molecular flexibility index (Phi) is 3.21. The van der Waals surface area contributed by atoms with Gasteiger partial charge in [0.1, 0.15) is 17.1 Å². The van der Waals surface area contributed by atoms with Crippen molar-refractivity contribution in [2.45, 2.75) is 19.4 Å². The molecule has 0 bridgehead atoms. The van der Waals surface area contributed by atoms with Gasteiger partial charge in [-0.25, -0.2) is 4.98 Å². The summed E-state index contributed by atoms with van der Waals surface area (Å²) < 4.78 is 6.15. The minimum atomic E-state index is -1.03. The zero-order chi connectivity index (χ0) is 13.5. The Morgan fingerprint density at radius 1 is 1.39 bits per heavy atom. The number of ether oxygens (including phenoxy) is 1. The molecule has 2 rings (SSSR count). The molecule has 5 heteroatoms. The molecule has 0 saturated heterocycles. The van der Waals surface area contributed by atoms with E-state index in [9.17, 15) is 5.11 Å². The third-order valence-corrected chi connectivity index (χ3v) is 3.49. The fourth-order valence-corrected chi connectivity index (χ4v) is 2.30. The van der Waals surface area contributed by atoms with Crippen LogP contribution in [-0.2, 0) is 5.60 Å². The van der Waals surface area contributed by atoms with E-state index in [1.807, 2.05) is 18.2 Å². The van der Waals surface area contributed by atoms with Gasteiger partial charge in [-0.1, -0.05) is 15.9 Å². The molecular formula is C13H15BrN2O2. The number of nitrogen functional groups attached to an aromatic ring is 1. The number of halogens is 1. The van der Waals surface area contributed by atoms with Crippen molar-refractivity contribution in [3.8, 4) is 5.75 Å². The minimum absolute atomic E-state index is 0.311. The molecule has 0 saturated carbocycles. The van der Waals surface area contributed by atoms with Crippen LogP contribution in [0.25, 0.3) is 10.9 Å². The van der Waals surface area contributed by atoms with Crippen LogP contribution in [0, 0.1) is 0 Å². The van der Waals surface area contributed by atoms with Crippen molar-refractivity contribution in [2.75, 3.05) is 12.8 Å². The molecule has 1 aromatic carbocycles. The molecule has 1 heterocycles. The summed E-state index contributed by atoms with van der Waals surface area (Å²) in [6, 6.07) is 5.54. The van der Waals surface area contributed by atoms with E-state index in [4.69, 9.17) is 10.5 Å². The molecule has 0 spiro atoms. The van der Waals surface area contributed by atoms with Crippen LogP contribution in [0.2, 0.25) is 0 Å². The van der Waals surface area contributed by atoms with Gasteiger partial charge in [0.25, 0.3) is 0 Å². The lowest BCUT2D eigenvalue weighted by Gasteiger charge is -2.20. The second kappa shape index (κ2) is 4.40. The van der Waals surface area contributed by atoms with E-state index in [1.165, 1.54) is 0 Å². The molecule has 0 radical (unpaired) electrons. The number of aliphatic hydroxyl groups is 1. The fraction of sp³-hybridized carbons (Fsp3) is 0.308. The van der Waals surface area contributed by atoms with Crippen LogP contribution >= 0.6 is 15.9 Å². The van der Waals surface area contributed by atoms with Crippen molar-refractivity contribution in [1.29, 1.82) is 0 Å². The van der Waals surface area contributed by atoms with Gasteiger partial charge in [-0.2, -0.15) is 0 Å². The maximum atomic E-state index is 10.1. The molecule has 96 valence electrons. The number of anilines is 1. The Morgan fingerprint density at radius 2 is 2.06 bits per heavy atom. The molecule has 4 nitrogen and oxygen atoms in total. The van der Waals surface area contributed by atoms with Gasteiger partial charge in [0.05, 0.1) is 12.7 Å². The van der Waals surface area contributed by atoms with Crippen LogP contribution in [-0.4, -0.2) is 17.2 Å². The lowest BCUT2D eigenvalue weighted by atomic mass is 9.97. The molecule has 0 aliphatic carbocycles. The van der Waals surface area contributed by atoms with Crippen molar-refractivity contribution in [3.63, 3.8) is 0 Å². The lowest BCUT2D eigenvalue weighted by molar-refractivity contribution is 0.0792. The largest absolute Gasteiger partial charge is 0.494 e. The van der Waals surface area contributed by atoms with Crippen LogP contribution in [0.5, 0.6) is 5.75 Å². The average molecular weight is 311 g/mol. The van der Waals surface area contributed by atoms with E-state index in [0.717, 1.165) is 9.86 Å². The van der Waals surface area contributed by atoms with Gasteiger partial charge < -0.3 is 15.6 Å². The Labute approximate surface area is 114 Å². The van der Waals surface area contributed by atoms with Gasteiger partial charge in [-0.15, -0.1) is 0 Å². The summed E-state index contributed by atoms with van der Waals surface area (Å²) in [7, 11) is 1.59. The molecule has 2 aromatic rings. The summed E-state index contributed by atoms with van der Waals surface area (Å²) in [4.78, 5) is 4.34. The molecule has 0 aliphatic rings. The van der Waals surface area contributed by atoms with Gasteiger partial charge >= 0.3 is 0 Å². The van der Waals surface area contributed by atoms with Gasteiger partial charge in [0, 0.05) is 15.4 Å². The first-order valence-corrected chi connectivity index (χ1v) is 6.29. The van der Waals surface area contributed by atoms with E-state index in [0.29, 0.717) is 22.6 Å². The Morgan fingerprint density at radius 3 is 2.61 bits per heavy atom. The minimum Gasteiger partial charge on any atom is -0.494 e. The molecule has 0 aliphatic heterocycles. The van der Waals surface area contributed by atoms with E-state index < -0.39 is 5.60 Å². The van der Waals surface area contributed by atoms with Crippen molar-refractivity contribution in [3.05, 3.63) is 28.2 Å². The topological polar surface area (TPSA) is 68.4 Å². The van der Waals surface area contributed by atoms with Crippen molar-refractivity contribution in [1.82, 2.24) is 4.98 Å². The summed E-state index contributed by atoms with van der Waals surface area (Å²) in [6.07, 6.45) is 0. The predicted molar refractivity (Wildman–Crippen MR) is 75.7 cm³/mol. The third kappa shape index (κ3) is 2.15. The number of nitrogens with zero attached hydrogens (tertiary/aromatic N) is 1. The zero-order valence-corrected chi connectivity index (χ0v) is 12.1. The van der Waals surface area contributed by atoms with Gasteiger partial charge in [-0.05, 0) is 32.0 Å². The van der Waals surface area contributed by atoms with Crippen LogP contribution in [0.15, 0.2) is 22.7 Å². The lowest BCUT2D eigenvalue weighted by Crippen LogP contribution is -2.18. The summed E-state index contributed by atoms with van der Waals surface area (Å²) in [5.74, 6) is 0.966. The van der Waals surface area contributed by atoms with Gasteiger partial charge in [0.2, 0.25) is 0 Å². The highest BCUT2D eigenvalue weighted by Crippen LogP contribution is 2.35. The molecule has 18 heavy (non-hydrogen) atoms. The number of benzene rings is 1. The highest BCUT2D eigenvalue weighted by molar-refractivity contribution is 9.10. The molecule has 0 atom stereocenters. The number of rotatable bonds is 2. The Hall–Kier alpha value is -1.33. The highest BCUT2D eigenvalue weighted by atomic mass is 79.9. The number of fused-ring (bicyclic) bond motifs is 1. The number of methoxy groups -OCH3 is 1. The van der Waals surface area contributed by atoms with Crippen LogP contribution < -0.4 is 10.5 Å². The van der Waals surface area contributed by atoms with Crippen molar-refractivity contribution < 1.29 is 9.84 Å². The summed E-state index contributed by atoms with van der Waals surface area (Å²) >= 11 is 3.47. The van der Waals surface area contributed by atoms with E-state index in [2.05, 4.69) is 20.9 Å². The van der Waals surface area contributed by atoms with Crippen molar-refractivity contribution >= 4 is 32.7 Å². The Balaban J connectivity index is 2.83. The maximum Gasteiger partial charge on any atom is 0.145 e. The quantitative estimate of drug-likeness (QED) is 0.895. The molecule has 3 N–H and O–H groups in total. The van der Waals surface area contributed by atoms with Gasteiger partial charge in [0.15, 0.2) is 0 Å². The fourth-order valence-electron chi connectivity index (χ4n) is 1.87. The van der Waals surface area contributed by atoms with Crippen LogP contribution in [0.4, 0.5) is 5.82 Å². The first-order chi connectivity index (χ1) is 8.34. The highest BCUT2D eigenvalue weighted by Gasteiger charge is 2.22. The first-order valence-electron chi connectivity index (χ1n) is 5.50. The average Bonchev–Trinajstić information content (AvgIpc) is 2.27. The predicted octanol–water partition coefficient (Wildman–Crippen LogP) is 2.82. The second-order valence-corrected chi connectivity index (χ2v) is 5.48. The monoisotopic (exact) mass is 310 g/mol. The number of aromatic nitrogens is 1.